The number of nitrogen functional groups attached to an aromatic ring is 1. The van der Waals surface area contributed by atoms with Crippen LogP contribution in [0.2, 0.25) is 5.02 Å². The highest BCUT2D eigenvalue weighted by molar-refractivity contribution is 6.30. The van der Waals surface area contributed by atoms with Crippen LogP contribution in [0.4, 0.5) is 5.69 Å². The van der Waals surface area contributed by atoms with E-state index in [9.17, 15) is 4.79 Å². The maximum Gasteiger partial charge on any atom is 0.244 e. The Balaban J connectivity index is 1.76. The summed E-state index contributed by atoms with van der Waals surface area (Å²) in [6.07, 6.45) is 3.13. The number of hydrogen-bond donors (Lipinski definition) is 1. The fourth-order valence-electron chi connectivity index (χ4n) is 1.71. The van der Waals surface area contributed by atoms with Crippen LogP contribution in [0.1, 0.15) is 0 Å². The van der Waals surface area contributed by atoms with Crippen LogP contribution in [0.25, 0.3) is 0 Å². The summed E-state index contributed by atoms with van der Waals surface area (Å²) in [7, 11) is 1.72. The second-order valence-electron chi connectivity index (χ2n) is 4.59. The van der Waals surface area contributed by atoms with E-state index >= 15 is 0 Å². The van der Waals surface area contributed by atoms with E-state index in [0.717, 1.165) is 0 Å². The van der Waals surface area contributed by atoms with Crippen LogP contribution >= 0.6 is 11.6 Å². The Morgan fingerprint density at radius 2 is 2.33 bits per heavy atom. The third-order valence-corrected chi connectivity index (χ3v) is 3.10. The van der Waals surface area contributed by atoms with E-state index in [1.165, 1.54) is 10.9 Å². The zero-order valence-corrected chi connectivity index (χ0v) is 12.5. The van der Waals surface area contributed by atoms with Gasteiger partial charge in [-0.05, 0) is 18.2 Å². The highest BCUT2D eigenvalue weighted by Gasteiger charge is 2.10. The van der Waals surface area contributed by atoms with Gasteiger partial charge >= 0.3 is 0 Å². The Bertz CT molecular complexity index is 615. The SMILES string of the molecule is CN(CCOc1cccc(Cl)c1)C(=O)Cn1cc(N)cn1. The van der Waals surface area contributed by atoms with Crippen molar-refractivity contribution in [2.45, 2.75) is 6.54 Å². The van der Waals surface area contributed by atoms with Crippen LogP contribution in [0.5, 0.6) is 5.75 Å². The van der Waals surface area contributed by atoms with E-state index in [0.29, 0.717) is 29.6 Å². The molecule has 1 aromatic carbocycles. The van der Waals surface area contributed by atoms with Crippen molar-refractivity contribution >= 4 is 23.2 Å². The molecular formula is C14H17ClN4O2. The van der Waals surface area contributed by atoms with Gasteiger partial charge in [-0.3, -0.25) is 9.48 Å². The topological polar surface area (TPSA) is 73.4 Å². The van der Waals surface area contributed by atoms with Crippen LogP contribution in [-0.4, -0.2) is 40.8 Å². The third kappa shape index (κ3) is 4.68. The number of benzene rings is 1. The van der Waals surface area contributed by atoms with Crippen molar-refractivity contribution in [3.8, 4) is 5.75 Å². The summed E-state index contributed by atoms with van der Waals surface area (Å²) >= 11 is 5.86. The van der Waals surface area contributed by atoms with Crippen molar-refractivity contribution in [2.75, 3.05) is 25.9 Å². The summed E-state index contributed by atoms with van der Waals surface area (Å²) in [5.74, 6) is 0.621. The summed E-state index contributed by atoms with van der Waals surface area (Å²) in [6, 6.07) is 7.14. The van der Waals surface area contributed by atoms with Gasteiger partial charge in [0.05, 0.1) is 18.4 Å². The number of carbonyl (C=O) groups is 1. The molecule has 0 saturated carbocycles. The van der Waals surface area contributed by atoms with E-state index in [2.05, 4.69) is 5.10 Å². The minimum Gasteiger partial charge on any atom is -0.492 e. The summed E-state index contributed by atoms with van der Waals surface area (Å²) in [4.78, 5) is 13.6. The molecule has 0 aliphatic heterocycles. The summed E-state index contributed by atoms with van der Waals surface area (Å²) in [6.45, 7) is 1.02. The molecule has 0 fully saturated rings. The lowest BCUT2D eigenvalue weighted by atomic mass is 10.3. The van der Waals surface area contributed by atoms with Crippen LogP contribution in [0.15, 0.2) is 36.7 Å². The molecule has 0 radical (unpaired) electrons. The molecule has 0 bridgehead atoms. The number of hydrogen-bond acceptors (Lipinski definition) is 4. The largest absolute Gasteiger partial charge is 0.492 e. The maximum atomic E-state index is 12.0. The number of likely N-dealkylation sites (N-methyl/N-ethyl adjacent to an activating group) is 1. The molecule has 6 nitrogen and oxygen atoms in total. The lowest BCUT2D eigenvalue weighted by Crippen LogP contribution is -2.33. The van der Waals surface area contributed by atoms with Crippen LogP contribution in [-0.2, 0) is 11.3 Å². The van der Waals surface area contributed by atoms with E-state index in [1.54, 1.807) is 30.3 Å². The first-order chi connectivity index (χ1) is 10.0. The van der Waals surface area contributed by atoms with Crippen molar-refractivity contribution in [1.29, 1.82) is 0 Å². The average Bonchev–Trinajstić information content (AvgIpc) is 2.84. The normalized spacial score (nSPS) is 10.4. The van der Waals surface area contributed by atoms with Gasteiger partial charge in [0.1, 0.15) is 18.9 Å². The van der Waals surface area contributed by atoms with Gasteiger partial charge in [0, 0.05) is 18.3 Å². The van der Waals surface area contributed by atoms with E-state index in [1.807, 2.05) is 12.1 Å². The van der Waals surface area contributed by atoms with Crippen LogP contribution in [0.3, 0.4) is 0 Å². The summed E-state index contributed by atoms with van der Waals surface area (Å²) in [5.41, 5.74) is 6.08. The van der Waals surface area contributed by atoms with Crippen LogP contribution < -0.4 is 10.5 Å². The van der Waals surface area contributed by atoms with E-state index in [4.69, 9.17) is 22.1 Å². The second kappa shape index (κ2) is 6.99. The van der Waals surface area contributed by atoms with Crippen molar-refractivity contribution in [2.24, 2.45) is 0 Å². The fraction of sp³-hybridized carbons (Fsp3) is 0.286. The molecule has 1 heterocycles. The average molecular weight is 309 g/mol. The molecule has 0 unspecified atom stereocenters. The molecular weight excluding hydrogens is 292 g/mol. The number of halogens is 1. The zero-order valence-electron chi connectivity index (χ0n) is 11.7. The number of carbonyl (C=O) groups excluding carboxylic acids is 1. The molecule has 7 heteroatoms. The van der Waals surface area contributed by atoms with E-state index < -0.39 is 0 Å². The number of ether oxygens (including phenoxy) is 1. The van der Waals surface area contributed by atoms with Crippen molar-refractivity contribution in [1.82, 2.24) is 14.7 Å². The minimum atomic E-state index is -0.0622. The lowest BCUT2D eigenvalue weighted by Gasteiger charge is -2.17. The zero-order chi connectivity index (χ0) is 15.2. The minimum absolute atomic E-state index is 0.0622. The molecule has 21 heavy (non-hydrogen) atoms. The Kier molecular flexibility index (Phi) is 5.05. The van der Waals surface area contributed by atoms with Crippen LogP contribution in [0, 0.1) is 0 Å². The van der Waals surface area contributed by atoms with Gasteiger partial charge in [0.15, 0.2) is 0 Å². The predicted molar refractivity (Wildman–Crippen MR) is 81.2 cm³/mol. The Labute approximate surface area is 128 Å². The molecule has 2 rings (SSSR count). The van der Waals surface area contributed by atoms with Gasteiger partial charge < -0.3 is 15.4 Å². The number of amides is 1. The molecule has 1 amide bonds. The summed E-state index contributed by atoms with van der Waals surface area (Å²) in [5, 5.41) is 4.59. The first-order valence-corrected chi connectivity index (χ1v) is 6.82. The second-order valence-corrected chi connectivity index (χ2v) is 5.03. The fourth-order valence-corrected chi connectivity index (χ4v) is 1.89. The van der Waals surface area contributed by atoms with E-state index in [-0.39, 0.29) is 12.5 Å². The summed E-state index contributed by atoms with van der Waals surface area (Å²) < 4.78 is 7.05. The number of aromatic nitrogens is 2. The number of anilines is 1. The Morgan fingerprint density at radius 3 is 3.00 bits per heavy atom. The number of rotatable bonds is 6. The van der Waals surface area contributed by atoms with Gasteiger partial charge in [-0.15, -0.1) is 0 Å². The molecule has 0 atom stereocenters. The smallest absolute Gasteiger partial charge is 0.244 e. The van der Waals surface area contributed by atoms with Gasteiger partial charge in [0.2, 0.25) is 5.91 Å². The van der Waals surface area contributed by atoms with Crippen molar-refractivity contribution in [3.63, 3.8) is 0 Å². The predicted octanol–water partition coefficient (Wildman–Crippen LogP) is 1.66. The first kappa shape index (κ1) is 15.2. The number of nitrogens with two attached hydrogens (primary N) is 1. The van der Waals surface area contributed by atoms with Gasteiger partial charge in [-0.25, -0.2) is 0 Å². The standard InChI is InChI=1S/C14H17ClN4O2/c1-18(14(20)10-19-9-12(16)8-17-19)5-6-21-13-4-2-3-11(15)7-13/h2-4,7-9H,5-6,10,16H2,1H3. The van der Waals surface area contributed by atoms with Gasteiger partial charge in [-0.1, -0.05) is 17.7 Å². The first-order valence-electron chi connectivity index (χ1n) is 6.45. The maximum absolute atomic E-state index is 12.0. The molecule has 0 aliphatic rings. The molecule has 0 spiro atoms. The van der Waals surface area contributed by atoms with Crippen molar-refractivity contribution in [3.05, 3.63) is 41.7 Å². The third-order valence-electron chi connectivity index (χ3n) is 2.87. The van der Waals surface area contributed by atoms with Gasteiger partial charge in [-0.2, -0.15) is 5.10 Å². The molecule has 2 N–H and O–H groups in total. The molecule has 1 aromatic heterocycles. The molecule has 0 saturated heterocycles. The number of nitrogens with zero attached hydrogens (tertiary/aromatic N) is 3. The molecule has 112 valence electrons. The molecule has 0 aliphatic carbocycles. The Morgan fingerprint density at radius 1 is 1.52 bits per heavy atom. The van der Waals surface area contributed by atoms with Gasteiger partial charge in [0.25, 0.3) is 0 Å². The molecule has 2 aromatic rings. The lowest BCUT2D eigenvalue weighted by molar-refractivity contribution is -0.131. The highest BCUT2D eigenvalue weighted by Crippen LogP contribution is 2.16. The van der Waals surface area contributed by atoms with Crippen molar-refractivity contribution < 1.29 is 9.53 Å². The Hall–Kier alpha value is -2.21. The quantitative estimate of drug-likeness (QED) is 0.880. The monoisotopic (exact) mass is 308 g/mol. The highest BCUT2D eigenvalue weighted by atomic mass is 35.5.